The molecule has 0 fully saturated rings. The van der Waals surface area contributed by atoms with E-state index in [1.807, 2.05) is 91.0 Å². The van der Waals surface area contributed by atoms with Gasteiger partial charge in [0, 0.05) is 33.2 Å². The lowest BCUT2D eigenvalue weighted by molar-refractivity contribution is 0.102. The quantitative estimate of drug-likeness (QED) is 0.0802. The summed E-state index contributed by atoms with van der Waals surface area (Å²) in [6, 6.07) is 47.1. The van der Waals surface area contributed by atoms with E-state index in [1.54, 1.807) is 66.7 Å². The van der Waals surface area contributed by atoms with E-state index in [1.165, 1.54) is 0 Å². The Morgan fingerprint density at radius 3 is 1.66 bits per heavy atom. The van der Waals surface area contributed by atoms with Gasteiger partial charge in [-0.2, -0.15) is 10.2 Å². The molecule has 11 nitrogen and oxygen atoms in total. The maximum absolute atomic E-state index is 13.8. The Hall–Kier alpha value is -8.02. The lowest BCUT2D eigenvalue weighted by Crippen LogP contribution is -2.12. The van der Waals surface area contributed by atoms with Crippen LogP contribution >= 0.6 is 0 Å². The average Bonchev–Trinajstić information content (AvgIpc) is 3.53. The van der Waals surface area contributed by atoms with Gasteiger partial charge in [-0.05, 0) is 82.6 Å². The molecular formula is C47H32N6O5. The molecule has 1 aliphatic carbocycles. The first kappa shape index (κ1) is 35.7. The lowest BCUT2D eigenvalue weighted by Gasteiger charge is -2.12. The number of aromatic hydroxyl groups is 2. The molecule has 58 heavy (non-hydrogen) atoms. The maximum Gasteiger partial charge on any atom is 0.259 e. The van der Waals surface area contributed by atoms with Crippen LogP contribution in [0.5, 0.6) is 11.5 Å². The highest BCUT2D eigenvalue weighted by Gasteiger charge is 2.27. The summed E-state index contributed by atoms with van der Waals surface area (Å²) >= 11 is 0. The lowest BCUT2D eigenvalue weighted by atomic mass is 10.0. The van der Waals surface area contributed by atoms with Crippen molar-refractivity contribution >= 4 is 67.4 Å². The average molecular weight is 761 g/mol. The predicted molar refractivity (Wildman–Crippen MR) is 224 cm³/mol. The van der Waals surface area contributed by atoms with Crippen molar-refractivity contribution < 1.29 is 24.6 Å². The van der Waals surface area contributed by atoms with Crippen LogP contribution in [-0.2, 0) is 11.4 Å². The summed E-state index contributed by atoms with van der Waals surface area (Å²) in [5.74, 6) is -1.09. The van der Waals surface area contributed by atoms with Gasteiger partial charge >= 0.3 is 0 Å². The zero-order chi connectivity index (χ0) is 39.6. The van der Waals surface area contributed by atoms with Crippen LogP contribution in [0.3, 0.4) is 0 Å². The van der Waals surface area contributed by atoms with Crippen LogP contribution in [0, 0.1) is 0 Å². The summed E-state index contributed by atoms with van der Waals surface area (Å²) in [4.78, 5) is 32.8. The highest BCUT2D eigenvalue weighted by atomic mass is 16.6. The second-order valence-corrected chi connectivity index (χ2v) is 13.6. The molecule has 9 rings (SSSR count). The third-order valence-corrected chi connectivity index (χ3v) is 9.85. The minimum Gasteiger partial charge on any atom is -0.505 e. The van der Waals surface area contributed by atoms with Gasteiger partial charge in [-0.25, -0.2) is 0 Å². The number of nitrogens with zero attached hydrogens (tertiary/aromatic N) is 4. The van der Waals surface area contributed by atoms with Crippen molar-refractivity contribution in [3.05, 3.63) is 180 Å². The van der Waals surface area contributed by atoms with Crippen LogP contribution in [0.25, 0.3) is 32.7 Å². The van der Waals surface area contributed by atoms with Crippen LogP contribution in [0.4, 0.5) is 34.1 Å². The minimum absolute atomic E-state index is 0.0466. The maximum atomic E-state index is 13.8. The number of carbonyl (C=O) groups is 2. The van der Waals surface area contributed by atoms with Crippen molar-refractivity contribution in [2.24, 2.45) is 20.5 Å². The summed E-state index contributed by atoms with van der Waals surface area (Å²) in [5, 5.41) is 46.1. The van der Waals surface area contributed by atoms with Crippen molar-refractivity contribution in [2.45, 2.75) is 6.61 Å². The van der Waals surface area contributed by atoms with Crippen LogP contribution in [0.1, 0.15) is 31.8 Å². The molecule has 8 aromatic rings. The van der Waals surface area contributed by atoms with Gasteiger partial charge in [0.1, 0.15) is 23.7 Å². The molecule has 0 bridgehead atoms. The summed E-state index contributed by atoms with van der Waals surface area (Å²) in [6.45, 7) is 0.0668. The fraction of sp³-hybridized carbons (Fsp3) is 0.0213. The number of fused-ring (bicyclic) bond motifs is 5. The third-order valence-electron chi connectivity index (χ3n) is 9.85. The molecule has 0 spiro atoms. The first-order valence-electron chi connectivity index (χ1n) is 18.4. The van der Waals surface area contributed by atoms with E-state index in [2.05, 4.69) is 31.3 Å². The number of para-hydroxylation sites is 2. The molecule has 0 unspecified atom stereocenters. The Morgan fingerprint density at radius 2 is 1.05 bits per heavy atom. The summed E-state index contributed by atoms with van der Waals surface area (Å²) < 4.78 is 0. The van der Waals surface area contributed by atoms with Gasteiger partial charge in [0.2, 0.25) is 0 Å². The number of anilines is 2. The predicted octanol–water partition coefficient (Wildman–Crippen LogP) is 12.2. The number of benzene rings is 8. The molecule has 0 saturated carbocycles. The highest BCUT2D eigenvalue weighted by Crippen LogP contribution is 2.44. The number of phenolic OH excluding ortho intramolecular Hbond substituents is 2. The second kappa shape index (κ2) is 15.3. The molecule has 280 valence electrons. The molecule has 0 aliphatic heterocycles. The molecule has 1 amide bonds. The normalized spacial score (nSPS) is 12.0. The topological polar surface area (TPSA) is 157 Å². The number of nitrogens with one attached hydrogen (secondary N) is 2. The molecular weight excluding hydrogens is 729 g/mol. The minimum atomic E-state index is -0.494. The monoisotopic (exact) mass is 760 g/mol. The highest BCUT2D eigenvalue weighted by molar-refractivity contribution is 6.22. The molecule has 11 heteroatoms. The van der Waals surface area contributed by atoms with Crippen molar-refractivity contribution in [1.29, 1.82) is 0 Å². The Morgan fingerprint density at radius 1 is 0.534 bits per heavy atom. The van der Waals surface area contributed by atoms with Gasteiger partial charge in [-0.15, -0.1) is 10.2 Å². The third kappa shape index (κ3) is 6.89. The van der Waals surface area contributed by atoms with E-state index in [0.717, 1.165) is 22.2 Å². The molecule has 0 saturated heterocycles. The van der Waals surface area contributed by atoms with Gasteiger partial charge < -0.3 is 15.5 Å². The number of phenols is 2. The number of amides is 1. The van der Waals surface area contributed by atoms with Crippen LogP contribution in [0.15, 0.2) is 178 Å². The Kier molecular flexibility index (Phi) is 9.38. The number of rotatable bonds is 10. The van der Waals surface area contributed by atoms with Crippen LogP contribution in [-0.4, -0.2) is 21.9 Å². The molecule has 0 radical (unpaired) electrons. The van der Waals surface area contributed by atoms with Crippen molar-refractivity contribution in [3.8, 4) is 22.6 Å². The van der Waals surface area contributed by atoms with E-state index in [9.17, 15) is 19.8 Å². The first-order valence-corrected chi connectivity index (χ1v) is 18.4. The van der Waals surface area contributed by atoms with E-state index < -0.39 is 5.91 Å². The fourth-order valence-corrected chi connectivity index (χ4v) is 7.00. The van der Waals surface area contributed by atoms with Crippen molar-refractivity contribution in [1.82, 2.24) is 0 Å². The number of azo groups is 2. The largest absolute Gasteiger partial charge is 0.505 e. The Labute approximate surface area is 331 Å². The Balaban J connectivity index is 0.973. The fourth-order valence-electron chi connectivity index (χ4n) is 7.00. The smallest absolute Gasteiger partial charge is 0.259 e. The zero-order valence-electron chi connectivity index (χ0n) is 30.6. The second-order valence-electron chi connectivity index (χ2n) is 13.6. The summed E-state index contributed by atoms with van der Waals surface area (Å²) in [7, 11) is 0. The number of hydrogen-bond donors (Lipinski definition) is 4. The summed E-state index contributed by atoms with van der Waals surface area (Å²) in [5.41, 5.74) is 8.38. The van der Waals surface area contributed by atoms with Gasteiger partial charge in [0.15, 0.2) is 11.5 Å². The number of carbonyl (C=O) groups excluding carboxylic acids is 2. The first-order chi connectivity index (χ1) is 28.4. The van der Waals surface area contributed by atoms with E-state index in [-0.39, 0.29) is 40.8 Å². The van der Waals surface area contributed by atoms with Crippen molar-refractivity contribution in [3.63, 3.8) is 0 Å². The van der Waals surface area contributed by atoms with E-state index in [4.69, 9.17) is 4.84 Å². The van der Waals surface area contributed by atoms with Gasteiger partial charge in [0.25, 0.3) is 5.91 Å². The van der Waals surface area contributed by atoms with Crippen LogP contribution < -0.4 is 10.8 Å². The van der Waals surface area contributed by atoms with Gasteiger partial charge in [0.05, 0.1) is 22.6 Å². The van der Waals surface area contributed by atoms with E-state index in [0.29, 0.717) is 49.9 Å². The zero-order valence-corrected chi connectivity index (χ0v) is 30.6. The number of hydrogen-bond acceptors (Lipinski definition) is 10. The Bertz CT molecular complexity index is 2970. The van der Waals surface area contributed by atoms with Crippen LogP contribution in [0.2, 0.25) is 0 Å². The molecule has 8 aromatic carbocycles. The molecule has 0 aromatic heterocycles. The molecule has 4 N–H and O–H groups in total. The summed E-state index contributed by atoms with van der Waals surface area (Å²) in [6.07, 6.45) is 0. The van der Waals surface area contributed by atoms with Crippen molar-refractivity contribution in [2.75, 3.05) is 10.8 Å². The van der Waals surface area contributed by atoms with Gasteiger partial charge in [-0.3, -0.25) is 19.9 Å². The number of ketones is 1. The SMILES string of the molecule is O=C1c2cc(N=Nc3c(O)c(CONc4ccccc4)cc4ccccc34)ccc2-c2ccc(N=Nc3c(O)c(C(=O)Nc4ccccc4)cc4ccccc34)cc21. The van der Waals surface area contributed by atoms with E-state index >= 15 is 0 Å². The standard InChI is InChI=1S/C47H32N6O5/c54-44-30(27-58-53-32-15-5-2-6-16-32)23-28-11-7-9-17-35(28)42(44)51-49-33-19-21-37-38-22-20-34(26-40(38)45(55)39(37)25-33)50-52-43-36-18-10-8-12-29(36)24-41(46(43)56)47(57)48-31-13-3-1-4-14-31/h1-26,53-54,56H,27H2,(H,48,57). The molecule has 0 heterocycles. The van der Waals surface area contributed by atoms with Gasteiger partial charge in [-0.1, -0.05) is 97.1 Å². The molecule has 0 atom stereocenters. The molecule has 1 aliphatic rings.